The number of ether oxygens (including phenoxy) is 1. The Kier molecular flexibility index (Phi) is 2.76. The average Bonchev–Trinajstić information content (AvgIpc) is 2.66. The highest BCUT2D eigenvalue weighted by Crippen LogP contribution is 2.44. The summed E-state index contributed by atoms with van der Waals surface area (Å²) in [4.78, 5) is 0. The highest BCUT2D eigenvalue weighted by Gasteiger charge is 2.37. The van der Waals surface area contributed by atoms with Gasteiger partial charge >= 0.3 is 0 Å². The van der Waals surface area contributed by atoms with Crippen LogP contribution in [-0.2, 0) is 5.54 Å². The molecule has 2 rings (SSSR count). The average molecular weight is 225 g/mol. The first-order valence-corrected chi connectivity index (χ1v) is 5.43. The van der Waals surface area contributed by atoms with Crippen LogP contribution in [0.15, 0.2) is 12.1 Å². The molecule has 4 heteroatoms. The number of phenolic OH excluding ortho intramolecular Hbond substituents is 1. The Balaban J connectivity index is 2.54. The Morgan fingerprint density at radius 3 is 2.56 bits per heavy atom. The quantitative estimate of drug-likeness (QED) is 0.811. The van der Waals surface area contributed by atoms with Gasteiger partial charge in [0, 0.05) is 5.54 Å². The number of benzene rings is 1. The van der Waals surface area contributed by atoms with Gasteiger partial charge in [-0.05, 0) is 25.0 Å². The van der Waals surface area contributed by atoms with Gasteiger partial charge in [0.2, 0.25) is 0 Å². The molecule has 0 saturated heterocycles. The van der Waals surface area contributed by atoms with Crippen molar-refractivity contribution >= 4 is 0 Å². The van der Waals surface area contributed by atoms with Gasteiger partial charge in [-0.2, -0.15) is 0 Å². The molecule has 0 aromatic heterocycles. The number of halogens is 1. The van der Waals surface area contributed by atoms with Crippen molar-refractivity contribution in [3.05, 3.63) is 23.5 Å². The Hall–Kier alpha value is -1.29. The fourth-order valence-corrected chi connectivity index (χ4v) is 2.44. The van der Waals surface area contributed by atoms with E-state index in [2.05, 4.69) is 0 Å². The molecule has 1 aliphatic rings. The van der Waals surface area contributed by atoms with Crippen molar-refractivity contribution in [2.75, 3.05) is 7.11 Å². The summed E-state index contributed by atoms with van der Waals surface area (Å²) < 4.78 is 18.7. The largest absolute Gasteiger partial charge is 0.504 e. The summed E-state index contributed by atoms with van der Waals surface area (Å²) in [5.74, 6) is -0.345. The molecule has 1 fully saturated rings. The topological polar surface area (TPSA) is 55.5 Å². The van der Waals surface area contributed by atoms with Crippen molar-refractivity contribution in [3.63, 3.8) is 0 Å². The normalized spacial score (nSPS) is 18.7. The minimum absolute atomic E-state index is 0.160. The van der Waals surface area contributed by atoms with Crippen molar-refractivity contribution < 1.29 is 14.2 Å². The maximum Gasteiger partial charge on any atom is 0.165 e. The van der Waals surface area contributed by atoms with Crippen LogP contribution in [0.5, 0.6) is 11.5 Å². The van der Waals surface area contributed by atoms with Gasteiger partial charge in [0.05, 0.1) is 12.7 Å². The Morgan fingerprint density at radius 1 is 1.38 bits per heavy atom. The molecule has 1 aromatic carbocycles. The first-order valence-electron chi connectivity index (χ1n) is 5.43. The van der Waals surface area contributed by atoms with Crippen LogP contribution in [0.4, 0.5) is 4.39 Å². The van der Waals surface area contributed by atoms with Crippen molar-refractivity contribution in [2.24, 2.45) is 5.73 Å². The number of nitrogens with two attached hydrogens (primary N) is 1. The Morgan fingerprint density at radius 2 is 2.00 bits per heavy atom. The van der Waals surface area contributed by atoms with Crippen LogP contribution in [0.3, 0.4) is 0 Å². The molecule has 0 bridgehead atoms. The van der Waals surface area contributed by atoms with Gasteiger partial charge in [-0.25, -0.2) is 4.39 Å². The zero-order chi connectivity index (χ0) is 11.8. The van der Waals surface area contributed by atoms with E-state index >= 15 is 0 Å². The molecule has 0 spiro atoms. The van der Waals surface area contributed by atoms with Gasteiger partial charge in [-0.1, -0.05) is 12.8 Å². The second kappa shape index (κ2) is 3.94. The fraction of sp³-hybridized carbons (Fsp3) is 0.500. The molecule has 1 aliphatic carbocycles. The summed E-state index contributed by atoms with van der Waals surface area (Å²) in [6, 6.07) is 2.70. The highest BCUT2D eigenvalue weighted by atomic mass is 19.1. The molecule has 0 atom stereocenters. The van der Waals surface area contributed by atoms with Gasteiger partial charge < -0.3 is 15.6 Å². The molecule has 0 heterocycles. The molecular weight excluding hydrogens is 209 g/mol. The number of aromatic hydroxyl groups is 1. The van der Waals surface area contributed by atoms with E-state index in [1.807, 2.05) is 0 Å². The van der Waals surface area contributed by atoms with Crippen LogP contribution in [0.1, 0.15) is 31.2 Å². The third-order valence-electron chi connectivity index (χ3n) is 3.30. The van der Waals surface area contributed by atoms with Gasteiger partial charge in [0.15, 0.2) is 11.5 Å². The van der Waals surface area contributed by atoms with E-state index in [1.165, 1.54) is 19.2 Å². The summed E-state index contributed by atoms with van der Waals surface area (Å²) in [5.41, 5.74) is 5.60. The third-order valence-corrected chi connectivity index (χ3v) is 3.30. The van der Waals surface area contributed by atoms with Gasteiger partial charge in [-0.15, -0.1) is 0 Å². The number of phenols is 1. The van der Waals surface area contributed by atoms with Gasteiger partial charge in [-0.3, -0.25) is 0 Å². The summed E-state index contributed by atoms with van der Waals surface area (Å²) in [6.45, 7) is 0. The lowest BCUT2D eigenvalue weighted by Gasteiger charge is -2.26. The van der Waals surface area contributed by atoms with Crippen LogP contribution in [0, 0.1) is 5.82 Å². The second-order valence-electron chi connectivity index (χ2n) is 4.34. The first kappa shape index (κ1) is 11.2. The lowest BCUT2D eigenvalue weighted by atomic mass is 9.88. The van der Waals surface area contributed by atoms with Crippen LogP contribution in [0.25, 0.3) is 0 Å². The summed E-state index contributed by atoms with van der Waals surface area (Å²) in [7, 11) is 1.44. The number of hydrogen-bond donors (Lipinski definition) is 2. The summed E-state index contributed by atoms with van der Waals surface area (Å²) in [5, 5.41) is 9.95. The molecule has 0 unspecified atom stereocenters. The fourth-order valence-electron chi connectivity index (χ4n) is 2.44. The molecule has 88 valence electrons. The number of rotatable bonds is 2. The molecular formula is C12H16FNO2. The Bertz CT molecular complexity index is 400. The maximum absolute atomic E-state index is 13.8. The predicted octanol–water partition coefficient (Wildman–Crippen LogP) is 2.27. The molecule has 1 aromatic rings. The van der Waals surface area contributed by atoms with Crippen molar-refractivity contribution in [1.29, 1.82) is 0 Å². The van der Waals surface area contributed by atoms with E-state index < -0.39 is 11.4 Å². The number of hydrogen-bond acceptors (Lipinski definition) is 3. The monoisotopic (exact) mass is 225 g/mol. The van der Waals surface area contributed by atoms with Crippen molar-refractivity contribution in [1.82, 2.24) is 0 Å². The number of methoxy groups -OCH3 is 1. The molecule has 1 saturated carbocycles. The van der Waals surface area contributed by atoms with E-state index in [0.29, 0.717) is 12.8 Å². The zero-order valence-electron chi connectivity index (χ0n) is 9.29. The molecule has 16 heavy (non-hydrogen) atoms. The second-order valence-corrected chi connectivity index (χ2v) is 4.34. The van der Waals surface area contributed by atoms with Crippen LogP contribution >= 0.6 is 0 Å². The van der Waals surface area contributed by atoms with Crippen molar-refractivity contribution in [2.45, 2.75) is 31.2 Å². The van der Waals surface area contributed by atoms with E-state index in [4.69, 9.17) is 10.5 Å². The van der Waals surface area contributed by atoms with Gasteiger partial charge in [0.1, 0.15) is 5.82 Å². The van der Waals surface area contributed by atoms with E-state index in [-0.39, 0.29) is 17.1 Å². The molecule has 0 radical (unpaired) electrons. The van der Waals surface area contributed by atoms with Crippen LogP contribution in [0.2, 0.25) is 0 Å². The smallest absolute Gasteiger partial charge is 0.165 e. The molecule has 3 N–H and O–H groups in total. The zero-order valence-corrected chi connectivity index (χ0v) is 9.29. The molecule has 0 amide bonds. The van der Waals surface area contributed by atoms with Crippen molar-refractivity contribution in [3.8, 4) is 11.5 Å². The van der Waals surface area contributed by atoms with E-state index in [9.17, 15) is 9.50 Å². The minimum Gasteiger partial charge on any atom is -0.504 e. The highest BCUT2D eigenvalue weighted by molar-refractivity contribution is 5.49. The van der Waals surface area contributed by atoms with Gasteiger partial charge in [0.25, 0.3) is 0 Å². The lowest BCUT2D eigenvalue weighted by molar-refractivity contribution is 0.345. The maximum atomic E-state index is 13.8. The molecule has 0 aliphatic heterocycles. The van der Waals surface area contributed by atoms with Crippen LogP contribution < -0.4 is 10.5 Å². The minimum atomic E-state index is -0.747. The molecule has 3 nitrogen and oxygen atoms in total. The standard InChI is InChI=1S/C12H16FNO2/c1-16-9-5-4-8(13)10(11(9)15)12(14)6-2-3-7-12/h4-5,15H,2-3,6-7,14H2,1H3. The summed E-state index contributed by atoms with van der Waals surface area (Å²) in [6.07, 6.45) is 3.33. The van der Waals surface area contributed by atoms with E-state index in [0.717, 1.165) is 12.8 Å². The first-order chi connectivity index (χ1) is 7.58. The predicted molar refractivity (Wildman–Crippen MR) is 59.0 cm³/mol. The SMILES string of the molecule is COc1ccc(F)c(C2(N)CCCC2)c1O. The Labute approximate surface area is 94.0 Å². The third kappa shape index (κ3) is 1.63. The van der Waals surface area contributed by atoms with Crippen LogP contribution in [-0.4, -0.2) is 12.2 Å². The summed E-state index contributed by atoms with van der Waals surface area (Å²) >= 11 is 0. The lowest BCUT2D eigenvalue weighted by Crippen LogP contribution is -2.34. The van der Waals surface area contributed by atoms with E-state index in [1.54, 1.807) is 0 Å².